The number of hydrogen-bond acceptors (Lipinski definition) is 4. The van der Waals surface area contributed by atoms with Crippen molar-refractivity contribution in [3.8, 4) is 0 Å². The van der Waals surface area contributed by atoms with Crippen LogP contribution < -0.4 is 11.1 Å². The first-order valence-electron chi connectivity index (χ1n) is 6.43. The van der Waals surface area contributed by atoms with Gasteiger partial charge in [-0.05, 0) is 19.3 Å². The van der Waals surface area contributed by atoms with Crippen LogP contribution in [0.5, 0.6) is 0 Å². The molecule has 2 fully saturated rings. The monoisotopic (exact) mass is 255 g/mol. The zero-order valence-corrected chi connectivity index (χ0v) is 10.8. The molecule has 1 aliphatic carbocycles. The second kappa shape index (κ2) is 5.24. The van der Waals surface area contributed by atoms with E-state index in [4.69, 9.17) is 10.5 Å². The second-order valence-corrected chi connectivity index (χ2v) is 5.18. The minimum Gasteiger partial charge on any atom is -0.377 e. The number of nitrogens with zero attached hydrogens (tertiary/aromatic N) is 1. The standard InChI is InChI=1S/C12H21N3O3/c1-14-11(17)9-8-18-6-5-15(9)10(16)7-12(13)3-2-4-12/h9H,2-8,13H2,1H3,(H,14,17). The Morgan fingerprint density at radius 3 is 2.78 bits per heavy atom. The average Bonchev–Trinajstić information content (AvgIpc) is 2.36. The molecule has 0 aromatic carbocycles. The molecule has 3 N–H and O–H groups in total. The van der Waals surface area contributed by atoms with Gasteiger partial charge in [0.05, 0.1) is 13.2 Å². The molecule has 0 radical (unpaired) electrons. The molecule has 2 aliphatic rings. The molecular weight excluding hydrogens is 234 g/mol. The molecule has 6 heteroatoms. The minimum absolute atomic E-state index is 0.0332. The van der Waals surface area contributed by atoms with E-state index in [1.54, 1.807) is 11.9 Å². The van der Waals surface area contributed by atoms with Gasteiger partial charge >= 0.3 is 0 Å². The Labute approximate surface area is 107 Å². The minimum atomic E-state index is -0.514. The molecule has 6 nitrogen and oxygen atoms in total. The lowest BCUT2D eigenvalue weighted by molar-refractivity contribution is -0.149. The van der Waals surface area contributed by atoms with E-state index >= 15 is 0 Å². The molecule has 2 amide bonds. The summed E-state index contributed by atoms with van der Waals surface area (Å²) in [5.74, 6) is -0.211. The fraction of sp³-hybridized carbons (Fsp3) is 0.833. The van der Waals surface area contributed by atoms with Crippen LogP contribution in [0.25, 0.3) is 0 Å². The van der Waals surface area contributed by atoms with Crippen LogP contribution >= 0.6 is 0 Å². The Morgan fingerprint density at radius 1 is 1.50 bits per heavy atom. The van der Waals surface area contributed by atoms with Crippen LogP contribution in [-0.2, 0) is 14.3 Å². The average molecular weight is 255 g/mol. The molecule has 0 bridgehead atoms. The molecule has 1 heterocycles. The quantitative estimate of drug-likeness (QED) is 0.693. The van der Waals surface area contributed by atoms with Crippen LogP contribution in [-0.4, -0.2) is 55.1 Å². The third-order valence-electron chi connectivity index (χ3n) is 3.85. The number of amides is 2. The number of carbonyl (C=O) groups is 2. The van der Waals surface area contributed by atoms with Crippen molar-refractivity contribution >= 4 is 11.8 Å². The molecule has 18 heavy (non-hydrogen) atoms. The lowest BCUT2D eigenvalue weighted by Crippen LogP contribution is -2.58. The van der Waals surface area contributed by atoms with Crippen molar-refractivity contribution < 1.29 is 14.3 Å². The second-order valence-electron chi connectivity index (χ2n) is 5.18. The Kier molecular flexibility index (Phi) is 3.87. The van der Waals surface area contributed by atoms with Gasteiger partial charge in [0.2, 0.25) is 11.8 Å². The summed E-state index contributed by atoms with van der Waals surface area (Å²) < 4.78 is 5.27. The van der Waals surface area contributed by atoms with E-state index in [1.807, 2.05) is 0 Å². The Morgan fingerprint density at radius 2 is 2.22 bits per heavy atom. The van der Waals surface area contributed by atoms with Crippen molar-refractivity contribution in [3.05, 3.63) is 0 Å². The van der Waals surface area contributed by atoms with E-state index in [9.17, 15) is 9.59 Å². The third-order valence-corrected chi connectivity index (χ3v) is 3.85. The number of hydrogen-bond donors (Lipinski definition) is 2. The molecule has 102 valence electrons. The smallest absolute Gasteiger partial charge is 0.244 e. The van der Waals surface area contributed by atoms with Crippen molar-refractivity contribution in [2.45, 2.75) is 37.3 Å². The number of carbonyl (C=O) groups excluding carboxylic acids is 2. The highest BCUT2D eigenvalue weighted by atomic mass is 16.5. The molecule has 1 unspecified atom stereocenters. The van der Waals surface area contributed by atoms with Gasteiger partial charge in [-0.15, -0.1) is 0 Å². The molecule has 1 atom stereocenters. The van der Waals surface area contributed by atoms with Crippen molar-refractivity contribution in [1.29, 1.82) is 0 Å². The van der Waals surface area contributed by atoms with Gasteiger partial charge in [0.15, 0.2) is 0 Å². The third kappa shape index (κ3) is 2.64. The Hall–Kier alpha value is -1.14. The lowest BCUT2D eigenvalue weighted by Gasteiger charge is -2.41. The van der Waals surface area contributed by atoms with Gasteiger partial charge < -0.3 is 20.7 Å². The van der Waals surface area contributed by atoms with Crippen molar-refractivity contribution in [3.63, 3.8) is 0 Å². The summed E-state index contributed by atoms with van der Waals surface area (Å²) in [7, 11) is 1.57. The summed E-state index contributed by atoms with van der Waals surface area (Å²) in [5.41, 5.74) is 5.74. The first kappa shape index (κ1) is 13.3. The predicted molar refractivity (Wildman–Crippen MR) is 65.8 cm³/mol. The zero-order valence-electron chi connectivity index (χ0n) is 10.8. The Balaban J connectivity index is 1.99. The van der Waals surface area contributed by atoms with E-state index in [2.05, 4.69) is 5.32 Å². The molecule has 2 rings (SSSR count). The van der Waals surface area contributed by atoms with Gasteiger partial charge in [-0.1, -0.05) is 0 Å². The number of morpholine rings is 1. The summed E-state index contributed by atoms with van der Waals surface area (Å²) in [6.45, 7) is 1.22. The maximum atomic E-state index is 12.2. The van der Waals surface area contributed by atoms with E-state index in [0.29, 0.717) is 19.6 Å². The fourth-order valence-corrected chi connectivity index (χ4v) is 2.50. The normalized spacial score (nSPS) is 26.3. The highest BCUT2D eigenvalue weighted by molar-refractivity contribution is 5.88. The van der Waals surface area contributed by atoms with Crippen LogP contribution in [0, 0.1) is 0 Å². The maximum Gasteiger partial charge on any atom is 0.244 e. The van der Waals surface area contributed by atoms with Gasteiger partial charge in [-0.3, -0.25) is 9.59 Å². The summed E-state index contributed by atoms with van der Waals surface area (Å²) in [6.07, 6.45) is 3.22. The largest absolute Gasteiger partial charge is 0.377 e. The molecule has 0 aromatic heterocycles. The molecular formula is C12H21N3O3. The highest BCUT2D eigenvalue weighted by Crippen LogP contribution is 2.32. The van der Waals surface area contributed by atoms with E-state index in [-0.39, 0.29) is 24.0 Å². The summed E-state index contributed by atoms with van der Waals surface area (Å²) >= 11 is 0. The van der Waals surface area contributed by atoms with Gasteiger partial charge in [-0.2, -0.15) is 0 Å². The van der Waals surface area contributed by atoms with Crippen LogP contribution in [0.1, 0.15) is 25.7 Å². The van der Waals surface area contributed by atoms with Crippen LogP contribution in [0.3, 0.4) is 0 Å². The summed E-state index contributed by atoms with van der Waals surface area (Å²) in [4.78, 5) is 25.6. The zero-order chi connectivity index (χ0) is 13.2. The van der Waals surface area contributed by atoms with Gasteiger partial charge in [0.1, 0.15) is 6.04 Å². The SMILES string of the molecule is CNC(=O)C1COCCN1C(=O)CC1(N)CCC1. The number of nitrogens with one attached hydrogen (secondary N) is 1. The number of likely N-dealkylation sites (N-methyl/N-ethyl adjacent to an activating group) is 1. The summed E-state index contributed by atoms with van der Waals surface area (Å²) in [6, 6.07) is -0.514. The van der Waals surface area contributed by atoms with Crippen molar-refractivity contribution in [2.75, 3.05) is 26.8 Å². The van der Waals surface area contributed by atoms with Gasteiger partial charge in [0.25, 0.3) is 0 Å². The lowest BCUT2D eigenvalue weighted by atomic mass is 9.75. The van der Waals surface area contributed by atoms with Gasteiger partial charge in [-0.25, -0.2) is 0 Å². The Bertz CT molecular complexity index is 341. The summed E-state index contributed by atoms with van der Waals surface area (Å²) in [5, 5.41) is 2.57. The first-order chi connectivity index (χ1) is 8.56. The molecule has 0 spiro atoms. The van der Waals surface area contributed by atoms with Crippen molar-refractivity contribution in [2.24, 2.45) is 5.73 Å². The van der Waals surface area contributed by atoms with E-state index in [1.165, 1.54) is 0 Å². The molecule has 1 aliphatic heterocycles. The van der Waals surface area contributed by atoms with Gasteiger partial charge in [0, 0.05) is 25.6 Å². The maximum absolute atomic E-state index is 12.2. The van der Waals surface area contributed by atoms with Crippen LogP contribution in [0.15, 0.2) is 0 Å². The molecule has 1 saturated heterocycles. The van der Waals surface area contributed by atoms with E-state index in [0.717, 1.165) is 19.3 Å². The topological polar surface area (TPSA) is 84.7 Å². The number of nitrogens with two attached hydrogens (primary N) is 1. The van der Waals surface area contributed by atoms with Crippen LogP contribution in [0.2, 0.25) is 0 Å². The van der Waals surface area contributed by atoms with E-state index < -0.39 is 6.04 Å². The molecule has 0 aromatic rings. The first-order valence-corrected chi connectivity index (χ1v) is 6.43. The predicted octanol–water partition coefficient (Wildman–Crippen LogP) is -0.769. The van der Waals surface area contributed by atoms with Crippen LogP contribution in [0.4, 0.5) is 0 Å². The highest BCUT2D eigenvalue weighted by Gasteiger charge is 2.39. The molecule has 1 saturated carbocycles. The number of rotatable bonds is 3. The van der Waals surface area contributed by atoms with Crippen molar-refractivity contribution in [1.82, 2.24) is 10.2 Å². The number of ether oxygens (including phenoxy) is 1. The fourth-order valence-electron chi connectivity index (χ4n) is 2.50.